The number of carbonyl (C=O) groups is 1. The van der Waals surface area contributed by atoms with Crippen LogP contribution in [0.1, 0.15) is 51.4 Å². The van der Waals surface area contributed by atoms with Crippen LogP contribution >= 0.6 is 11.3 Å². The first-order valence-corrected chi connectivity index (χ1v) is 6.99. The molecule has 2 rings (SSSR count). The van der Waals surface area contributed by atoms with E-state index in [1.807, 2.05) is 27.7 Å². The lowest BCUT2D eigenvalue weighted by atomic mass is 9.96. The number of hydrogen-bond donors (Lipinski definition) is 1. The molecule has 0 aliphatic carbocycles. The Hall–Kier alpha value is -1.50. The summed E-state index contributed by atoms with van der Waals surface area (Å²) in [4.78, 5) is 11.7. The lowest BCUT2D eigenvalue weighted by Crippen LogP contribution is -2.18. The highest BCUT2D eigenvalue weighted by atomic mass is 32.1. The van der Waals surface area contributed by atoms with Gasteiger partial charge < -0.3 is 5.11 Å². The van der Waals surface area contributed by atoms with Crippen LogP contribution in [0.25, 0.3) is 4.96 Å². The van der Waals surface area contributed by atoms with Crippen LogP contribution in [0.2, 0.25) is 0 Å². The van der Waals surface area contributed by atoms with Crippen molar-refractivity contribution >= 4 is 22.3 Å². The molecule has 2 aromatic heterocycles. The molecule has 0 fully saturated rings. The van der Waals surface area contributed by atoms with Gasteiger partial charge in [0.05, 0.1) is 5.92 Å². The number of hydrogen-bond acceptors (Lipinski definition) is 5. The predicted octanol–water partition coefficient (Wildman–Crippen LogP) is 2.31. The largest absolute Gasteiger partial charge is 0.481 e. The Morgan fingerprint density at radius 1 is 1.32 bits per heavy atom. The minimum Gasteiger partial charge on any atom is -0.481 e. The fourth-order valence-electron chi connectivity index (χ4n) is 1.71. The molecule has 2 aromatic rings. The van der Waals surface area contributed by atoms with E-state index in [9.17, 15) is 4.79 Å². The summed E-state index contributed by atoms with van der Waals surface area (Å²) in [7, 11) is 0. The first-order valence-electron chi connectivity index (χ1n) is 6.17. The fourth-order valence-corrected chi connectivity index (χ4v) is 2.71. The molecule has 1 N–H and O–H groups in total. The van der Waals surface area contributed by atoms with E-state index >= 15 is 0 Å². The van der Waals surface area contributed by atoms with E-state index in [-0.39, 0.29) is 11.3 Å². The molecule has 19 heavy (non-hydrogen) atoms. The summed E-state index contributed by atoms with van der Waals surface area (Å²) in [5.74, 6) is -0.631. The van der Waals surface area contributed by atoms with Crippen molar-refractivity contribution in [2.75, 3.05) is 0 Å². The molecule has 2 heterocycles. The summed E-state index contributed by atoms with van der Waals surface area (Å²) < 4.78 is 1.73. The maximum absolute atomic E-state index is 11.0. The number of carboxylic acid groups (broad SMARTS) is 1. The zero-order valence-electron chi connectivity index (χ0n) is 11.7. The van der Waals surface area contributed by atoms with E-state index in [1.54, 1.807) is 11.4 Å². The van der Waals surface area contributed by atoms with Gasteiger partial charge in [-0.2, -0.15) is 9.61 Å². The second-order valence-electron chi connectivity index (χ2n) is 5.82. The van der Waals surface area contributed by atoms with E-state index in [0.29, 0.717) is 4.96 Å². The van der Waals surface area contributed by atoms with E-state index in [4.69, 9.17) is 5.11 Å². The number of rotatable bonds is 3. The molecule has 104 valence electrons. The van der Waals surface area contributed by atoms with Gasteiger partial charge in [0.2, 0.25) is 4.96 Å². The lowest BCUT2D eigenvalue weighted by Gasteiger charge is -2.14. The summed E-state index contributed by atoms with van der Waals surface area (Å²) in [6.07, 6.45) is 0. The molecule has 6 nitrogen and oxygen atoms in total. The smallest absolute Gasteiger partial charge is 0.306 e. The molecule has 0 amide bonds. The monoisotopic (exact) mass is 282 g/mol. The Bertz CT molecular complexity index is 611. The molecule has 7 heteroatoms. The van der Waals surface area contributed by atoms with Gasteiger partial charge in [-0.3, -0.25) is 4.79 Å². The van der Waals surface area contributed by atoms with Crippen molar-refractivity contribution < 1.29 is 9.90 Å². The second kappa shape index (κ2) is 4.56. The van der Waals surface area contributed by atoms with Gasteiger partial charge in [-0.15, -0.1) is 10.2 Å². The van der Waals surface area contributed by atoms with Gasteiger partial charge in [0.15, 0.2) is 5.82 Å². The van der Waals surface area contributed by atoms with Gasteiger partial charge in [0, 0.05) is 11.3 Å². The molecular weight excluding hydrogens is 264 g/mol. The van der Waals surface area contributed by atoms with E-state index in [0.717, 1.165) is 10.8 Å². The van der Waals surface area contributed by atoms with Crippen molar-refractivity contribution in [3.8, 4) is 0 Å². The van der Waals surface area contributed by atoms with Crippen LogP contribution < -0.4 is 0 Å². The highest BCUT2D eigenvalue weighted by Gasteiger charge is 2.27. The van der Waals surface area contributed by atoms with Crippen LogP contribution in [-0.4, -0.2) is 30.9 Å². The van der Waals surface area contributed by atoms with Crippen LogP contribution in [0.4, 0.5) is 0 Å². The molecule has 0 aliphatic rings. The van der Waals surface area contributed by atoms with Gasteiger partial charge in [-0.25, -0.2) is 0 Å². The lowest BCUT2D eigenvalue weighted by molar-refractivity contribution is -0.141. The molecule has 0 aliphatic heterocycles. The first-order chi connectivity index (χ1) is 8.71. The average molecular weight is 282 g/mol. The van der Waals surface area contributed by atoms with Crippen molar-refractivity contribution in [2.24, 2.45) is 5.92 Å². The SMILES string of the molecule is CC(C(=O)O)C(C)c1nn2c(C(C)(C)C)nnc2s1. The standard InChI is InChI=1S/C12H18N4O2S/c1-6(7(2)9(17)18)8-15-16-10(12(3,4)5)13-14-11(16)19-8/h6-7H,1-5H3,(H,17,18). The third-order valence-electron chi connectivity index (χ3n) is 3.21. The highest BCUT2D eigenvalue weighted by Crippen LogP contribution is 2.30. The van der Waals surface area contributed by atoms with Crippen molar-refractivity contribution in [3.63, 3.8) is 0 Å². The maximum atomic E-state index is 11.0. The molecule has 0 saturated carbocycles. The van der Waals surface area contributed by atoms with Crippen LogP contribution in [-0.2, 0) is 10.2 Å². The molecule has 2 atom stereocenters. The Kier molecular flexibility index (Phi) is 3.34. The van der Waals surface area contributed by atoms with Crippen molar-refractivity contribution in [1.29, 1.82) is 0 Å². The third-order valence-corrected chi connectivity index (χ3v) is 4.31. The predicted molar refractivity (Wildman–Crippen MR) is 72.6 cm³/mol. The Balaban J connectivity index is 2.43. The third kappa shape index (κ3) is 2.47. The molecular formula is C12H18N4O2S. The molecule has 0 saturated heterocycles. The normalized spacial score (nSPS) is 15.6. The molecule has 2 unspecified atom stereocenters. The summed E-state index contributed by atoms with van der Waals surface area (Å²) in [6.45, 7) is 9.71. The molecule has 0 radical (unpaired) electrons. The zero-order valence-corrected chi connectivity index (χ0v) is 12.5. The average Bonchev–Trinajstić information content (AvgIpc) is 2.83. The zero-order chi connectivity index (χ0) is 14.4. The van der Waals surface area contributed by atoms with E-state index in [2.05, 4.69) is 15.3 Å². The molecule has 0 spiro atoms. The Morgan fingerprint density at radius 2 is 1.95 bits per heavy atom. The van der Waals surface area contributed by atoms with Crippen LogP contribution in [0.5, 0.6) is 0 Å². The number of aromatic nitrogens is 4. The Morgan fingerprint density at radius 3 is 2.47 bits per heavy atom. The van der Waals surface area contributed by atoms with Crippen LogP contribution in [0.3, 0.4) is 0 Å². The highest BCUT2D eigenvalue weighted by molar-refractivity contribution is 7.16. The van der Waals surface area contributed by atoms with Crippen molar-refractivity contribution in [1.82, 2.24) is 19.8 Å². The summed E-state index contributed by atoms with van der Waals surface area (Å²) >= 11 is 1.40. The van der Waals surface area contributed by atoms with Gasteiger partial charge in [0.25, 0.3) is 0 Å². The summed E-state index contributed by atoms with van der Waals surface area (Å²) in [5.41, 5.74) is -0.146. The van der Waals surface area contributed by atoms with Gasteiger partial charge >= 0.3 is 5.97 Å². The van der Waals surface area contributed by atoms with Gasteiger partial charge in [0.1, 0.15) is 5.01 Å². The number of carboxylic acids is 1. The van der Waals surface area contributed by atoms with Gasteiger partial charge in [-0.05, 0) is 0 Å². The minimum absolute atomic E-state index is 0.142. The summed E-state index contributed by atoms with van der Waals surface area (Å²) in [5, 5.41) is 22.6. The maximum Gasteiger partial charge on any atom is 0.306 e. The number of nitrogens with zero attached hydrogens (tertiary/aromatic N) is 4. The summed E-state index contributed by atoms with van der Waals surface area (Å²) in [6, 6.07) is 0. The van der Waals surface area contributed by atoms with E-state index < -0.39 is 11.9 Å². The Labute approximate surface area is 115 Å². The van der Waals surface area contributed by atoms with Crippen molar-refractivity contribution in [2.45, 2.75) is 46.0 Å². The molecule has 0 bridgehead atoms. The minimum atomic E-state index is -0.811. The van der Waals surface area contributed by atoms with Crippen molar-refractivity contribution in [3.05, 3.63) is 10.8 Å². The molecule has 0 aromatic carbocycles. The topological polar surface area (TPSA) is 80.4 Å². The quantitative estimate of drug-likeness (QED) is 0.934. The van der Waals surface area contributed by atoms with E-state index in [1.165, 1.54) is 11.3 Å². The number of aliphatic carboxylic acids is 1. The van der Waals surface area contributed by atoms with Crippen LogP contribution in [0.15, 0.2) is 0 Å². The second-order valence-corrected chi connectivity index (χ2v) is 6.81. The fraction of sp³-hybridized carbons (Fsp3) is 0.667. The van der Waals surface area contributed by atoms with Gasteiger partial charge in [-0.1, -0.05) is 46.0 Å². The first kappa shape index (κ1) is 13.9. The van der Waals surface area contributed by atoms with Crippen LogP contribution in [0, 0.1) is 5.92 Å². The number of fused-ring (bicyclic) bond motifs is 1.